The molecular formula is C27H26N6O4. The number of nitrogens with one attached hydrogen (secondary N) is 1. The lowest BCUT2D eigenvalue weighted by molar-refractivity contribution is -0.126. The molecule has 4 aromatic rings. The number of carbonyl (C=O) groups excluding carboxylic acids is 1. The van der Waals surface area contributed by atoms with Crippen molar-refractivity contribution in [3.8, 4) is 17.1 Å². The number of allylic oxidation sites excluding steroid dienone is 2. The third-order valence-electron chi connectivity index (χ3n) is 6.78. The van der Waals surface area contributed by atoms with E-state index in [9.17, 15) is 4.79 Å². The molecule has 188 valence electrons. The van der Waals surface area contributed by atoms with Gasteiger partial charge in [-0.1, -0.05) is 12.2 Å². The number of furan rings is 1. The predicted octanol–water partition coefficient (Wildman–Crippen LogP) is 4.37. The highest BCUT2D eigenvalue weighted by molar-refractivity contribution is 5.91. The fourth-order valence-electron chi connectivity index (χ4n) is 4.71. The van der Waals surface area contributed by atoms with E-state index in [1.807, 2.05) is 30.0 Å². The minimum absolute atomic E-state index is 0.0704. The smallest absolute Gasteiger partial charge is 0.246 e. The van der Waals surface area contributed by atoms with Gasteiger partial charge in [0.15, 0.2) is 5.89 Å². The summed E-state index contributed by atoms with van der Waals surface area (Å²) in [5.41, 5.74) is 3.65. The molecule has 0 saturated heterocycles. The van der Waals surface area contributed by atoms with Crippen LogP contribution in [0.3, 0.4) is 0 Å². The molecule has 0 unspecified atom stereocenters. The van der Waals surface area contributed by atoms with Crippen LogP contribution in [0.4, 0.5) is 0 Å². The lowest BCUT2D eigenvalue weighted by atomic mass is 9.96. The molecule has 0 radical (unpaired) electrons. The summed E-state index contributed by atoms with van der Waals surface area (Å²) in [6.45, 7) is 3.23. The van der Waals surface area contributed by atoms with E-state index >= 15 is 0 Å². The molecule has 0 atom stereocenters. The molecule has 0 bridgehead atoms. The Labute approximate surface area is 213 Å². The van der Waals surface area contributed by atoms with Crippen molar-refractivity contribution in [2.24, 2.45) is 0 Å². The van der Waals surface area contributed by atoms with E-state index in [1.165, 1.54) is 0 Å². The number of rotatable bonds is 7. The molecule has 6 rings (SSSR count). The summed E-state index contributed by atoms with van der Waals surface area (Å²) in [7, 11) is 0. The van der Waals surface area contributed by atoms with Gasteiger partial charge in [0.05, 0.1) is 11.8 Å². The van der Waals surface area contributed by atoms with Crippen molar-refractivity contribution in [2.75, 3.05) is 6.54 Å². The third-order valence-corrected chi connectivity index (χ3v) is 6.78. The molecule has 10 nitrogen and oxygen atoms in total. The molecular weight excluding hydrogens is 472 g/mol. The number of hydrogen-bond acceptors (Lipinski definition) is 8. The van der Waals surface area contributed by atoms with Gasteiger partial charge in [0.1, 0.15) is 29.6 Å². The number of nitrogens with zero attached hydrogens (tertiary/aromatic N) is 5. The molecule has 1 amide bonds. The Morgan fingerprint density at radius 3 is 2.95 bits per heavy atom. The maximum Gasteiger partial charge on any atom is 0.246 e. The molecule has 1 aliphatic heterocycles. The number of benzene rings is 1. The van der Waals surface area contributed by atoms with Gasteiger partial charge >= 0.3 is 0 Å². The largest absolute Gasteiger partial charge is 0.486 e. The summed E-state index contributed by atoms with van der Waals surface area (Å²) >= 11 is 0. The number of fused-ring (bicyclic) bond motifs is 1. The maximum absolute atomic E-state index is 12.8. The topological polar surface area (TPSA) is 123 Å². The number of amides is 1. The van der Waals surface area contributed by atoms with Crippen LogP contribution < -0.4 is 4.74 Å². The summed E-state index contributed by atoms with van der Waals surface area (Å²) in [6.07, 6.45) is 11.7. The van der Waals surface area contributed by atoms with E-state index in [1.54, 1.807) is 24.5 Å². The number of hydrogen-bond donors (Lipinski definition) is 1. The Kier molecular flexibility index (Phi) is 6.13. The van der Waals surface area contributed by atoms with Crippen molar-refractivity contribution >= 4 is 12.0 Å². The summed E-state index contributed by atoms with van der Waals surface area (Å²) in [5, 5.41) is 14.6. The Bertz CT molecular complexity index is 1440. The quantitative estimate of drug-likeness (QED) is 0.294. The standard InChI is InChI=1S/C27H26N6O4/c1-17-23(28-27(37-17)18-5-2-3-6-18)16-36-24-14-20-15-33(25(34)9-8-21-7-4-12-35-21)11-10-19(20)13-22(24)26-29-31-32-30-26/h2-4,7-9,12-14,18H,5-6,10-11,15-16H2,1H3,(H,29,30,31,32)/b9-8+. The van der Waals surface area contributed by atoms with Crippen molar-refractivity contribution in [1.82, 2.24) is 30.5 Å². The van der Waals surface area contributed by atoms with Crippen molar-refractivity contribution in [2.45, 2.75) is 45.3 Å². The van der Waals surface area contributed by atoms with E-state index in [2.05, 4.69) is 32.8 Å². The number of tetrazole rings is 1. The van der Waals surface area contributed by atoms with Crippen LogP contribution in [0.25, 0.3) is 17.5 Å². The number of aryl methyl sites for hydroxylation is 1. The lowest BCUT2D eigenvalue weighted by Crippen LogP contribution is -2.34. The summed E-state index contributed by atoms with van der Waals surface area (Å²) in [5.74, 6) is 3.42. The van der Waals surface area contributed by atoms with Gasteiger partial charge in [0, 0.05) is 25.1 Å². The number of aromatic amines is 1. The Balaban J connectivity index is 1.23. The second-order valence-electron chi connectivity index (χ2n) is 9.19. The SMILES string of the molecule is Cc1oc(C2CC=CC2)nc1COc1cc2c(cc1-c1nn[nH]n1)CCN(C(=O)/C=C/c1ccco1)C2. The Morgan fingerprint density at radius 2 is 2.16 bits per heavy atom. The monoisotopic (exact) mass is 498 g/mol. The number of ether oxygens (including phenoxy) is 1. The molecule has 0 spiro atoms. The molecule has 10 heteroatoms. The highest BCUT2D eigenvalue weighted by Gasteiger charge is 2.24. The van der Waals surface area contributed by atoms with Crippen molar-refractivity contribution < 1.29 is 18.4 Å². The number of oxazole rings is 1. The lowest BCUT2D eigenvalue weighted by Gasteiger charge is -2.29. The first-order valence-corrected chi connectivity index (χ1v) is 12.3. The Hall–Kier alpha value is -4.47. The number of carbonyl (C=O) groups is 1. The van der Waals surface area contributed by atoms with Crippen molar-refractivity contribution in [3.63, 3.8) is 0 Å². The predicted molar refractivity (Wildman–Crippen MR) is 133 cm³/mol. The molecule has 0 saturated carbocycles. The molecule has 0 fully saturated rings. The average molecular weight is 499 g/mol. The molecule has 4 heterocycles. The fraction of sp³-hybridized carbons (Fsp3) is 0.296. The first-order chi connectivity index (χ1) is 18.1. The summed E-state index contributed by atoms with van der Waals surface area (Å²) in [4.78, 5) is 19.3. The zero-order valence-corrected chi connectivity index (χ0v) is 20.4. The minimum Gasteiger partial charge on any atom is -0.486 e. The van der Waals surface area contributed by atoms with Crippen LogP contribution in [0.2, 0.25) is 0 Å². The highest BCUT2D eigenvalue weighted by Crippen LogP contribution is 2.35. The maximum atomic E-state index is 12.8. The van der Waals surface area contributed by atoms with Gasteiger partial charge in [-0.05, 0) is 72.9 Å². The van der Waals surface area contributed by atoms with Crippen molar-refractivity contribution in [3.05, 3.63) is 83.0 Å². The fourth-order valence-corrected chi connectivity index (χ4v) is 4.71. The van der Waals surface area contributed by atoms with E-state index in [4.69, 9.17) is 18.6 Å². The van der Waals surface area contributed by atoms with Crippen LogP contribution >= 0.6 is 0 Å². The number of aromatic nitrogens is 5. The van der Waals surface area contributed by atoms with Gasteiger partial charge in [-0.2, -0.15) is 5.21 Å². The molecule has 37 heavy (non-hydrogen) atoms. The normalized spacial score (nSPS) is 15.5. The van der Waals surface area contributed by atoms with Gasteiger partial charge < -0.3 is 18.5 Å². The molecule has 3 aromatic heterocycles. The van der Waals surface area contributed by atoms with E-state index in [0.29, 0.717) is 36.8 Å². The van der Waals surface area contributed by atoms with Crippen LogP contribution in [-0.2, 0) is 24.4 Å². The highest BCUT2D eigenvalue weighted by atomic mass is 16.5. The van der Waals surface area contributed by atoms with E-state index in [0.717, 1.165) is 46.9 Å². The zero-order chi connectivity index (χ0) is 25.2. The van der Waals surface area contributed by atoms with Gasteiger partial charge in [-0.25, -0.2) is 4.98 Å². The zero-order valence-electron chi connectivity index (χ0n) is 20.4. The second kappa shape index (κ2) is 9.88. The summed E-state index contributed by atoms with van der Waals surface area (Å²) in [6, 6.07) is 7.59. The number of H-pyrrole nitrogens is 1. The van der Waals surface area contributed by atoms with Crippen LogP contribution in [0, 0.1) is 6.92 Å². The third kappa shape index (κ3) is 4.82. The van der Waals surface area contributed by atoms with Crippen LogP contribution in [0.5, 0.6) is 5.75 Å². The molecule has 1 aliphatic carbocycles. The van der Waals surface area contributed by atoms with Gasteiger partial charge in [-0.3, -0.25) is 4.79 Å². The van der Waals surface area contributed by atoms with E-state index < -0.39 is 0 Å². The van der Waals surface area contributed by atoms with E-state index in [-0.39, 0.29) is 18.4 Å². The first kappa shape index (κ1) is 23.0. The van der Waals surface area contributed by atoms with Gasteiger partial charge in [-0.15, -0.1) is 10.2 Å². The van der Waals surface area contributed by atoms with Crippen molar-refractivity contribution in [1.29, 1.82) is 0 Å². The summed E-state index contributed by atoms with van der Waals surface area (Å²) < 4.78 is 17.5. The minimum atomic E-state index is -0.0704. The van der Waals surface area contributed by atoms with Crippen LogP contribution in [0.1, 0.15) is 53.0 Å². The molecule has 1 aromatic carbocycles. The van der Waals surface area contributed by atoms with Gasteiger partial charge in [0.2, 0.25) is 11.7 Å². The van der Waals surface area contributed by atoms with Crippen LogP contribution in [-0.4, -0.2) is 43.0 Å². The molecule has 2 aliphatic rings. The second-order valence-corrected chi connectivity index (χ2v) is 9.19. The average Bonchev–Trinajstić information content (AvgIpc) is 3.73. The van der Waals surface area contributed by atoms with Crippen LogP contribution in [0.15, 0.2) is 57.6 Å². The Morgan fingerprint density at radius 1 is 1.27 bits per heavy atom. The first-order valence-electron chi connectivity index (χ1n) is 12.3. The van der Waals surface area contributed by atoms with Gasteiger partial charge in [0.25, 0.3) is 0 Å². The molecule has 1 N–H and O–H groups in total.